The monoisotopic (exact) mass is 521 g/mol. The molecule has 7 nitrogen and oxygen atoms in total. The summed E-state index contributed by atoms with van der Waals surface area (Å²) in [6.07, 6.45) is 0. The summed E-state index contributed by atoms with van der Waals surface area (Å²) in [7, 11) is 0. The summed E-state index contributed by atoms with van der Waals surface area (Å²) in [6.45, 7) is 6.47. The molecule has 0 radical (unpaired) electrons. The maximum Gasteiger partial charge on any atom is 0.348 e. The van der Waals surface area contributed by atoms with Crippen LogP contribution in [0.4, 0.5) is 0 Å². The highest BCUT2D eigenvalue weighted by molar-refractivity contribution is 7.99. The van der Waals surface area contributed by atoms with Gasteiger partial charge in [-0.25, -0.2) is 9.78 Å². The lowest BCUT2D eigenvalue weighted by Crippen LogP contribution is -2.27. The molecule has 0 atom stereocenters. The molecule has 0 aliphatic rings. The van der Waals surface area contributed by atoms with Crippen molar-refractivity contribution >= 4 is 45.2 Å². The molecule has 0 saturated carbocycles. The molecule has 0 spiro atoms. The topological polar surface area (TPSA) is 90.3 Å². The van der Waals surface area contributed by atoms with Crippen molar-refractivity contribution in [3.8, 4) is 0 Å². The average Bonchev–Trinajstić information content (AvgIpc) is 3.21. The fourth-order valence-corrected chi connectivity index (χ4v) is 5.64. The molecule has 0 unspecified atom stereocenters. The Hall–Kier alpha value is -3.43. The number of hydrogen-bond acceptors (Lipinski definition) is 7. The molecular weight excluding hydrogens is 494 g/mol. The quantitative estimate of drug-likeness (QED) is 0.195. The van der Waals surface area contributed by atoms with Crippen LogP contribution in [0.2, 0.25) is 0 Å². The van der Waals surface area contributed by atoms with Crippen molar-refractivity contribution in [3.63, 3.8) is 0 Å². The van der Waals surface area contributed by atoms with Crippen LogP contribution in [0.3, 0.4) is 0 Å². The van der Waals surface area contributed by atoms with Crippen LogP contribution in [0, 0.1) is 13.8 Å². The number of thiophene rings is 1. The van der Waals surface area contributed by atoms with E-state index in [-0.39, 0.29) is 23.8 Å². The zero-order valence-electron chi connectivity index (χ0n) is 20.4. The van der Waals surface area contributed by atoms with Crippen LogP contribution in [-0.4, -0.2) is 33.8 Å². The van der Waals surface area contributed by atoms with E-state index < -0.39 is 5.97 Å². The van der Waals surface area contributed by atoms with E-state index >= 15 is 0 Å². The maximum atomic E-state index is 13.7. The van der Waals surface area contributed by atoms with Crippen molar-refractivity contribution in [1.29, 1.82) is 0 Å². The van der Waals surface area contributed by atoms with E-state index in [1.807, 2.05) is 61.5 Å². The lowest BCUT2D eigenvalue weighted by atomic mass is 10.1. The van der Waals surface area contributed by atoms with Gasteiger partial charge < -0.3 is 10.1 Å². The van der Waals surface area contributed by atoms with Gasteiger partial charge in [-0.2, -0.15) is 0 Å². The van der Waals surface area contributed by atoms with E-state index in [4.69, 9.17) is 9.72 Å². The second kappa shape index (κ2) is 11.5. The van der Waals surface area contributed by atoms with Crippen molar-refractivity contribution in [3.05, 3.63) is 92.1 Å². The lowest BCUT2D eigenvalue weighted by molar-refractivity contribution is -0.118. The van der Waals surface area contributed by atoms with Gasteiger partial charge in [0.1, 0.15) is 9.71 Å². The Labute approximate surface area is 217 Å². The van der Waals surface area contributed by atoms with Gasteiger partial charge in [0.25, 0.3) is 5.56 Å². The standard InChI is InChI=1S/C27H27N3O4S2/c1-4-34-26(33)23-18(3)22-24(36-23)29-27(30(25(22)32)15-20-12-10-17(2)11-13-20)35-16-21(31)28-14-19-8-6-5-7-9-19/h5-13H,4,14-16H2,1-3H3,(H,28,31). The molecule has 2 heterocycles. The maximum absolute atomic E-state index is 13.7. The third-order valence-electron chi connectivity index (χ3n) is 5.60. The molecule has 2 aromatic heterocycles. The van der Waals surface area contributed by atoms with Crippen LogP contribution in [0.15, 0.2) is 64.5 Å². The molecule has 0 aliphatic heterocycles. The molecule has 1 amide bonds. The second-order valence-corrected chi connectivity index (χ2v) is 10.2. The summed E-state index contributed by atoms with van der Waals surface area (Å²) < 4.78 is 6.74. The van der Waals surface area contributed by atoms with Crippen LogP contribution >= 0.6 is 23.1 Å². The second-order valence-electron chi connectivity index (χ2n) is 8.28. The van der Waals surface area contributed by atoms with Crippen molar-refractivity contribution in [2.75, 3.05) is 12.4 Å². The van der Waals surface area contributed by atoms with Gasteiger partial charge in [-0.1, -0.05) is 71.9 Å². The minimum absolute atomic E-state index is 0.105. The summed E-state index contributed by atoms with van der Waals surface area (Å²) in [4.78, 5) is 44.2. The van der Waals surface area contributed by atoms with E-state index in [0.29, 0.717) is 38.9 Å². The minimum Gasteiger partial charge on any atom is -0.462 e. The number of nitrogens with zero attached hydrogens (tertiary/aromatic N) is 2. The van der Waals surface area contributed by atoms with E-state index in [9.17, 15) is 14.4 Å². The molecule has 4 rings (SSSR count). The third-order valence-corrected chi connectivity index (χ3v) is 7.74. The molecule has 36 heavy (non-hydrogen) atoms. The first kappa shape index (κ1) is 25.7. The first-order chi connectivity index (χ1) is 17.4. The molecule has 0 bridgehead atoms. The fraction of sp³-hybridized carbons (Fsp3) is 0.259. The summed E-state index contributed by atoms with van der Waals surface area (Å²) in [6, 6.07) is 17.6. The van der Waals surface area contributed by atoms with Gasteiger partial charge in [0, 0.05) is 6.54 Å². The molecule has 0 saturated heterocycles. The highest BCUT2D eigenvalue weighted by Crippen LogP contribution is 2.30. The summed E-state index contributed by atoms with van der Waals surface area (Å²) in [5, 5.41) is 3.75. The van der Waals surface area contributed by atoms with Gasteiger partial charge in [0.2, 0.25) is 5.91 Å². The van der Waals surface area contributed by atoms with Crippen LogP contribution in [0.1, 0.15) is 38.8 Å². The summed E-state index contributed by atoms with van der Waals surface area (Å²) in [5.74, 6) is -0.514. The number of nitrogens with one attached hydrogen (secondary N) is 1. The first-order valence-electron chi connectivity index (χ1n) is 11.6. The number of thioether (sulfide) groups is 1. The number of esters is 1. The Bertz CT molecular complexity index is 1440. The van der Waals surface area contributed by atoms with E-state index in [2.05, 4.69) is 5.32 Å². The van der Waals surface area contributed by atoms with Crippen LogP contribution in [-0.2, 0) is 22.6 Å². The number of carbonyl (C=O) groups excluding carboxylic acids is 2. The highest BCUT2D eigenvalue weighted by atomic mass is 32.2. The van der Waals surface area contributed by atoms with Crippen LogP contribution < -0.4 is 10.9 Å². The molecule has 0 aliphatic carbocycles. The van der Waals surface area contributed by atoms with Gasteiger partial charge in [0.15, 0.2) is 5.16 Å². The molecule has 9 heteroatoms. The van der Waals surface area contributed by atoms with E-state index in [0.717, 1.165) is 28.0 Å². The highest BCUT2D eigenvalue weighted by Gasteiger charge is 2.23. The molecular formula is C27H27N3O4S2. The van der Waals surface area contributed by atoms with Gasteiger partial charge >= 0.3 is 5.97 Å². The Morgan fingerprint density at radius 2 is 1.78 bits per heavy atom. The predicted molar refractivity (Wildman–Crippen MR) is 144 cm³/mol. The molecule has 0 fully saturated rings. The van der Waals surface area contributed by atoms with Gasteiger partial charge in [0.05, 0.1) is 24.3 Å². The molecule has 2 aromatic carbocycles. The van der Waals surface area contributed by atoms with E-state index in [1.54, 1.807) is 18.4 Å². The average molecular weight is 522 g/mol. The van der Waals surface area contributed by atoms with Gasteiger partial charge in [-0.05, 0) is 37.5 Å². The molecule has 4 aromatic rings. The third kappa shape index (κ3) is 5.85. The Kier molecular flexibility index (Phi) is 8.22. The SMILES string of the molecule is CCOC(=O)c1sc2nc(SCC(=O)NCc3ccccc3)n(Cc3ccc(C)cc3)c(=O)c2c1C. The Morgan fingerprint density at radius 3 is 2.47 bits per heavy atom. The Balaban J connectivity index is 1.65. The van der Waals surface area contributed by atoms with Crippen molar-refractivity contribution < 1.29 is 14.3 Å². The number of aryl methyl sites for hydroxylation is 2. The normalized spacial score (nSPS) is 11.0. The van der Waals surface area contributed by atoms with Crippen LogP contribution in [0.25, 0.3) is 10.2 Å². The lowest BCUT2D eigenvalue weighted by Gasteiger charge is -2.13. The summed E-state index contributed by atoms with van der Waals surface area (Å²) in [5.41, 5.74) is 3.40. The van der Waals surface area contributed by atoms with E-state index in [1.165, 1.54) is 11.8 Å². The van der Waals surface area contributed by atoms with Crippen molar-refractivity contribution in [2.24, 2.45) is 0 Å². The fourth-order valence-electron chi connectivity index (χ4n) is 3.69. The number of hydrogen-bond donors (Lipinski definition) is 1. The van der Waals surface area contributed by atoms with Gasteiger partial charge in [-0.15, -0.1) is 11.3 Å². The summed E-state index contributed by atoms with van der Waals surface area (Å²) >= 11 is 2.35. The largest absolute Gasteiger partial charge is 0.462 e. The zero-order valence-corrected chi connectivity index (χ0v) is 22.0. The van der Waals surface area contributed by atoms with Crippen molar-refractivity contribution in [2.45, 2.75) is 39.0 Å². The Morgan fingerprint density at radius 1 is 1.06 bits per heavy atom. The smallest absolute Gasteiger partial charge is 0.348 e. The number of amides is 1. The van der Waals surface area contributed by atoms with Gasteiger partial charge in [-0.3, -0.25) is 14.2 Å². The first-order valence-corrected chi connectivity index (χ1v) is 13.4. The zero-order chi connectivity index (χ0) is 25.7. The number of ether oxygens (including phenoxy) is 1. The molecule has 186 valence electrons. The predicted octanol–water partition coefficient (Wildman–Crippen LogP) is 4.71. The van der Waals surface area contributed by atoms with Crippen LogP contribution in [0.5, 0.6) is 0 Å². The number of rotatable bonds is 9. The number of fused-ring (bicyclic) bond motifs is 1. The van der Waals surface area contributed by atoms with Crippen molar-refractivity contribution in [1.82, 2.24) is 14.9 Å². The number of aromatic nitrogens is 2. The minimum atomic E-state index is -0.461. The number of benzene rings is 2. The molecule has 1 N–H and O–H groups in total. The number of carbonyl (C=O) groups is 2.